The number of nitrogens with two attached hydrogens (primary N) is 1. The van der Waals surface area contributed by atoms with E-state index in [9.17, 15) is 9.59 Å². The zero-order chi connectivity index (χ0) is 25.2. The maximum atomic E-state index is 12.7. The molecule has 0 saturated heterocycles. The first-order valence-corrected chi connectivity index (χ1v) is 11.9. The van der Waals surface area contributed by atoms with Crippen LogP contribution in [0.2, 0.25) is 0 Å². The van der Waals surface area contributed by atoms with E-state index in [1.54, 1.807) is 18.7 Å². The van der Waals surface area contributed by atoms with Crippen LogP contribution in [0.3, 0.4) is 0 Å². The van der Waals surface area contributed by atoms with E-state index in [0.29, 0.717) is 41.0 Å². The summed E-state index contributed by atoms with van der Waals surface area (Å²) in [6.07, 6.45) is 16.1. The molecule has 3 aliphatic rings. The fraction of sp³-hybridized carbons (Fsp3) is 0.400. The molecule has 1 fully saturated rings. The predicted molar refractivity (Wildman–Crippen MR) is 131 cm³/mol. The number of hydrogen-bond donors (Lipinski definition) is 1. The lowest BCUT2D eigenvalue weighted by molar-refractivity contribution is -0.150. The van der Waals surface area contributed by atoms with Gasteiger partial charge in [0.25, 0.3) is 0 Å². The van der Waals surface area contributed by atoms with Gasteiger partial charge in [-0.1, -0.05) is 12.2 Å². The van der Waals surface area contributed by atoms with Crippen LogP contribution < -0.4 is 5.73 Å². The summed E-state index contributed by atoms with van der Waals surface area (Å²) in [5.41, 5.74) is 8.32. The first-order chi connectivity index (χ1) is 17.4. The molecule has 0 bridgehead atoms. The number of ether oxygens (including phenoxy) is 2. The largest absolute Gasteiger partial charge is 0.462 e. The molecule has 2 aromatic heterocycles. The summed E-state index contributed by atoms with van der Waals surface area (Å²) < 4.78 is 13.4. The molecule has 11 heteroatoms. The van der Waals surface area contributed by atoms with Crippen molar-refractivity contribution < 1.29 is 19.1 Å². The molecule has 2 N–H and O–H groups in total. The molecule has 11 nitrogen and oxygen atoms in total. The van der Waals surface area contributed by atoms with Gasteiger partial charge in [-0.05, 0) is 18.8 Å². The second-order valence-electron chi connectivity index (χ2n) is 9.32. The lowest BCUT2D eigenvalue weighted by atomic mass is 9.69. The number of allylic oxidation sites excluding steroid dienone is 2. The summed E-state index contributed by atoms with van der Waals surface area (Å²) in [6.45, 7) is 0.422. The zero-order valence-corrected chi connectivity index (χ0v) is 20.3. The summed E-state index contributed by atoms with van der Waals surface area (Å²) in [6, 6.07) is -0.0355. The molecule has 0 spiro atoms. The Morgan fingerprint density at radius 1 is 0.972 bits per heavy atom. The molecular weight excluding hydrogens is 462 g/mol. The van der Waals surface area contributed by atoms with E-state index >= 15 is 0 Å². The van der Waals surface area contributed by atoms with Crippen LogP contribution in [0.25, 0.3) is 11.2 Å². The van der Waals surface area contributed by atoms with Crippen molar-refractivity contribution in [2.24, 2.45) is 11.8 Å². The van der Waals surface area contributed by atoms with Crippen LogP contribution >= 0.6 is 0 Å². The van der Waals surface area contributed by atoms with Gasteiger partial charge in [0.1, 0.15) is 11.8 Å². The number of anilines is 1. The molecule has 1 saturated carbocycles. The van der Waals surface area contributed by atoms with Crippen molar-refractivity contribution in [2.75, 3.05) is 33.0 Å². The molecule has 0 radical (unpaired) electrons. The number of rotatable bonds is 7. The van der Waals surface area contributed by atoms with Crippen molar-refractivity contribution in [3.63, 3.8) is 0 Å². The minimum Gasteiger partial charge on any atom is -0.462 e. The molecule has 2 aliphatic heterocycles. The molecule has 36 heavy (non-hydrogen) atoms. The highest BCUT2D eigenvalue weighted by molar-refractivity contribution is 5.89. The number of nitrogens with zero attached hydrogens (tertiary/aromatic N) is 6. The predicted octanol–water partition coefficient (Wildman–Crippen LogP) is 2.14. The molecule has 4 heterocycles. The van der Waals surface area contributed by atoms with E-state index in [0.717, 1.165) is 6.42 Å². The third kappa shape index (κ3) is 4.68. The standard InChI is InChI=1S/C25H29N7O4/c1-30-7-3-5-16(10-30)24(33)35-12-18-9-20(32-15-29-21-22(26)27-14-28-23(21)32)19(18)13-36-25(34)17-6-4-8-31(2)11-17/h3-4,7-8,10-11,14-15,18-20H,5-6,9,12-13H2,1-2H3,(H2,26,27,28)/t18-,19+,20-/m1/s1. The fourth-order valence-corrected chi connectivity index (χ4v) is 4.84. The maximum absolute atomic E-state index is 12.7. The van der Waals surface area contributed by atoms with Crippen LogP contribution in [0.5, 0.6) is 0 Å². The Bertz CT molecular complexity index is 1290. The third-order valence-electron chi connectivity index (χ3n) is 6.82. The Morgan fingerprint density at radius 3 is 2.25 bits per heavy atom. The van der Waals surface area contributed by atoms with E-state index in [4.69, 9.17) is 15.2 Å². The van der Waals surface area contributed by atoms with Crippen LogP contribution in [0.1, 0.15) is 25.3 Å². The molecule has 0 unspecified atom stereocenters. The molecule has 1 aliphatic carbocycles. The first-order valence-electron chi connectivity index (χ1n) is 11.9. The topological polar surface area (TPSA) is 129 Å². The monoisotopic (exact) mass is 491 g/mol. The Hall–Kier alpha value is -4.15. The first kappa shape index (κ1) is 23.6. The molecule has 0 amide bonds. The van der Waals surface area contributed by atoms with Crippen LogP contribution in [0.15, 0.2) is 60.8 Å². The average molecular weight is 492 g/mol. The number of fused-ring (bicyclic) bond motifs is 1. The van der Waals surface area contributed by atoms with Crippen molar-refractivity contribution in [3.05, 3.63) is 60.8 Å². The number of hydrogen-bond acceptors (Lipinski definition) is 10. The van der Waals surface area contributed by atoms with Crippen molar-refractivity contribution in [1.82, 2.24) is 29.3 Å². The minimum absolute atomic E-state index is 0.0174. The van der Waals surface area contributed by atoms with E-state index in [2.05, 4.69) is 15.0 Å². The summed E-state index contributed by atoms with van der Waals surface area (Å²) in [5.74, 6) is -0.440. The Balaban J connectivity index is 1.29. The Kier molecular flexibility index (Phi) is 6.45. The van der Waals surface area contributed by atoms with E-state index < -0.39 is 0 Å². The highest BCUT2D eigenvalue weighted by Gasteiger charge is 2.44. The second kappa shape index (κ2) is 9.84. The van der Waals surface area contributed by atoms with Gasteiger partial charge < -0.3 is 29.6 Å². The van der Waals surface area contributed by atoms with Crippen LogP contribution in [-0.2, 0) is 19.1 Å². The van der Waals surface area contributed by atoms with E-state index in [1.807, 2.05) is 53.0 Å². The van der Waals surface area contributed by atoms with Crippen LogP contribution in [0, 0.1) is 11.8 Å². The smallest absolute Gasteiger partial charge is 0.335 e. The van der Waals surface area contributed by atoms with Gasteiger partial charge in [-0.15, -0.1) is 0 Å². The molecule has 188 valence electrons. The lowest BCUT2D eigenvalue weighted by Crippen LogP contribution is -2.44. The molecule has 3 atom stereocenters. The Morgan fingerprint density at radius 2 is 1.61 bits per heavy atom. The lowest BCUT2D eigenvalue weighted by Gasteiger charge is -2.44. The zero-order valence-electron chi connectivity index (χ0n) is 20.3. The third-order valence-corrected chi connectivity index (χ3v) is 6.82. The highest BCUT2D eigenvalue weighted by atomic mass is 16.5. The van der Waals surface area contributed by atoms with Gasteiger partial charge in [0.05, 0.1) is 30.7 Å². The molecule has 5 rings (SSSR count). The highest BCUT2D eigenvalue weighted by Crippen LogP contribution is 2.45. The number of imidazole rings is 1. The van der Waals surface area contributed by atoms with Crippen LogP contribution in [-0.4, -0.2) is 68.6 Å². The number of aromatic nitrogens is 4. The number of esters is 2. The molecular formula is C25H29N7O4. The van der Waals surface area contributed by atoms with Crippen molar-refractivity contribution >= 4 is 28.9 Å². The number of nitrogen functional groups attached to an aromatic ring is 1. The number of carbonyl (C=O) groups excluding carboxylic acids is 2. The van der Waals surface area contributed by atoms with Crippen molar-refractivity contribution in [3.8, 4) is 0 Å². The van der Waals surface area contributed by atoms with Gasteiger partial charge in [0, 0.05) is 57.2 Å². The van der Waals surface area contributed by atoms with Gasteiger partial charge in [-0.3, -0.25) is 0 Å². The Labute approximate surface area is 208 Å². The molecule has 2 aromatic rings. The quantitative estimate of drug-likeness (QED) is 0.575. The minimum atomic E-state index is -0.350. The van der Waals surface area contributed by atoms with Gasteiger partial charge >= 0.3 is 11.9 Å². The normalized spacial score (nSPS) is 23.2. The summed E-state index contributed by atoms with van der Waals surface area (Å²) in [7, 11) is 3.73. The van der Waals surface area contributed by atoms with Gasteiger partial charge in [0.2, 0.25) is 0 Å². The van der Waals surface area contributed by atoms with Crippen molar-refractivity contribution in [2.45, 2.75) is 25.3 Å². The van der Waals surface area contributed by atoms with E-state index in [-0.39, 0.29) is 43.0 Å². The summed E-state index contributed by atoms with van der Waals surface area (Å²) in [4.78, 5) is 41.8. The SMILES string of the molecule is CN1C=CCC(C(=O)OC[C@H]2C[C@@H](n3cnc4c(N)ncnc43)[C@H]2COC(=O)C2=CN(C)C=CC2)=C1. The van der Waals surface area contributed by atoms with Crippen LogP contribution in [0.4, 0.5) is 5.82 Å². The average Bonchev–Trinajstić information content (AvgIpc) is 3.28. The number of carbonyl (C=O) groups is 2. The van der Waals surface area contributed by atoms with Gasteiger partial charge in [-0.25, -0.2) is 24.5 Å². The van der Waals surface area contributed by atoms with Gasteiger partial charge in [0.15, 0.2) is 11.5 Å². The second-order valence-corrected chi connectivity index (χ2v) is 9.32. The van der Waals surface area contributed by atoms with Gasteiger partial charge in [-0.2, -0.15) is 0 Å². The van der Waals surface area contributed by atoms with E-state index in [1.165, 1.54) is 6.33 Å². The van der Waals surface area contributed by atoms with Crippen molar-refractivity contribution in [1.29, 1.82) is 0 Å². The summed E-state index contributed by atoms with van der Waals surface area (Å²) in [5, 5.41) is 0. The maximum Gasteiger partial charge on any atom is 0.335 e. The summed E-state index contributed by atoms with van der Waals surface area (Å²) >= 11 is 0. The fourth-order valence-electron chi connectivity index (χ4n) is 4.84. The molecule has 0 aromatic carbocycles.